The summed E-state index contributed by atoms with van der Waals surface area (Å²) in [6.07, 6.45) is 7.55. The highest BCUT2D eigenvalue weighted by atomic mass is 35.5. The van der Waals surface area contributed by atoms with Crippen molar-refractivity contribution >= 4 is 11.6 Å². The Morgan fingerprint density at radius 1 is 1.29 bits per heavy atom. The van der Waals surface area contributed by atoms with Crippen LogP contribution in [0.25, 0.3) is 0 Å². The molecular weight excluding hydrogens is 232 g/mol. The summed E-state index contributed by atoms with van der Waals surface area (Å²) in [5.74, 6) is 1.93. The van der Waals surface area contributed by atoms with Crippen molar-refractivity contribution in [3.05, 3.63) is 29.3 Å². The van der Waals surface area contributed by atoms with E-state index in [9.17, 15) is 0 Å². The molecule has 0 radical (unpaired) electrons. The molecule has 1 nitrogen and oxygen atoms in total. The molecule has 0 saturated heterocycles. The standard InChI is InChI=1S/C15H19ClO/c16-14(9-11-3-1-4-11)12-6-7-15-13(10-12)5-2-8-17-15/h6-7,10-11,14H,1-5,8-9H2. The minimum Gasteiger partial charge on any atom is -0.493 e. The Morgan fingerprint density at radius 3 is 2.94 bits per heavy atom. The second kappa shape index (κ2) is 4.89. The third-order valence-corrected chi connectivity index (χ3v) is 4.49. The molecule has 1 unspecified atom stereocenters. The Balaban J connectivity index is 1.73. The third-order valence-electron chi connectivity index (χ3n) is 4.06. The van der Waals surface area contributed by atoms with E-state index in [4.69, 9.17) is 16.3 Å². The predicted molar refractivity (Wildman–Crippen MR) is 70.8 cm³/mol. The first-order valence-electron chi connectivity index (χ1n) is 6.72. The first-order valence-corrected chi connectivity index (χ1v) is 7.16. The molecule has 1 aromatic carbocycles. The van der Waals surface area contributed by atoms with Gasteiger partial charge in [0, 0.05) is 0 Å². The summed E-state index contributed by atoms with van der Waals surface area (Å²) in [4.78, 5) is 0. The van der Waals surface area contributed by atoms with E-state index >= 15 is 0 Å². The fourth-order valence-electron chi connectivity index (χ4n) is 2.73. The lowest BCUT2D eigenvalue weighted by atomic mass is 9.81. The van der Waals surface area contributed by atoms with Gasteiger partial charge in [-0.15, -0.1) is 11.6 Å². The number of fused-ring (bicyclic) bond motifs is 1. The molecule has 1 fully saturated rings. The Morgan fingerprint density at radius 2 is 2.18 bits per heavy atom. The molecule has 0 aromatic heterocycles. The smallest absolute Gasteiger partial charge is 0.122 e. The zero-order chi connectivity index (χ0) is 11.7. The summed E-state index contributed by atoms with van der Waals surface area (Å²) in [6, 6.07) is 6.49. The number of ether oxygens (including phenoxy) is 1. The topological polar surface area (TPSA) is 9.23 Å². The second-order valence-electron chi connectivity index (χ2n) is 5.32. The van der Waals surface area contributed by atoms with Gasteiger partial charge in [0.05, 0.1) is 12.0 Å². The van der Waals surface area contributed by atoms with E-state index < -0.39 is 0 Å². The Hall–Kier alpha value is -0.690. The maximum atomic E-state index is 6.52. The van der Waals surface area contributed by atoms with E-state index in [-0.39, 0.29) is 5.38 Å². The quantitative estimate of drug-likeness (QED) is 0.719. The molecule has 0 amide bonds. The summed E-state index contributed by atoms with van der Waals surface area (Å²) in [5.41, 5.74) is 2.62. The molecule has 0 spiro atoms. The molecule has 1 atom stereocenters. The van der Waals surface area contributed by atoms with Gasteiger partial charge in [0.2, 0.25) is 0 Å². The van der Waals surface area contributed by atoms with Crippen LogP contribution in [-0.2, 0) is 6.42 Å². The number of hydrogen-bond donors (Lipinski definition) is 0. The summed E-state index contributed by atoms with van der Waals surface area (Å²) in [6.45, 7) is 0.860. The normalized spacial score (nSPS) is 21.2. The van der Waals surface area contributed by atoms with Crippen LogP contribution < -0.4 is 4.74 Å². The molecule has 1 aliphatic carbocycles. The molecule has 0 N–H and O–H groups in total. The molecule has 2 heteroatoms. The Kier molecular flexibility index (Phi) is 3.28. The fraction of sp³-hybridized carbons (Fsp3) is 0.600. The van der Waals surface area contributed by atoms with Gasteiger partial charge in [-0.3, -0.25) is 0 Å². The van der Waals surface area contributed by atoms with E-state index in [2.05, 4.69) is 18.2 Å². The molecule has 1 aliphatic heterocycles. The van der Waals surface area contributed by atoms with Gasteiger partial charge in [0.15, 0.2) is 0 Å². The summed E-state index contributed by atoms with van der Waals surface area (Å²) >= 11 is 6.52. The van der Waals surface area contributed by atoms with Crippen molar-refractivity contribution in [1.29, 1.82) is 0 Å². The molecule has 3 rings (SSSR count). The van der Waals surface area contributed by atoms with E-state index in [1.54, 1.807) is 0 Å². The SMILES string of the molecule is ClC(CC1CCC1)c1ccc2c(c1)CCCO2. The summed E-state index contributed by atoms with van der Waals surface area (Å²) in [7, 11) is 0. The summed E-state index contributed by atoms with van der Waals surface area (Å²) < 4.78 is 5.63. The van der Waals surface area contributed by atoms with Crippen LogP contribution in [0.3, 0.4) is 0 Å². The van der Waals surface area contributed by atoms with Crippen molar-refractivity contribution in [2.75, 3.05) is 6.61 Å². The van der Waals surface area contributed by atoms with Gasteiger partial charge >= 0.3 is 0 Å². The second-order valence-corrected chi connectivity index (χ2v) is 5.85. The zero-order valence-electron chi connectivity index (χ0n) is 10.1. The molecule has 1 heterocycles. The lowest BCUT2D eigenvalue weighted by Crippen LogP contribution is -2.13. The van der Waals surface area contributed by atoms with Crippen molar-refractivity contribution in [2.45, 2.75) is 43.9 Å². The van der Waals surface area contributed by atoms with Crippen molar-refractivity contribution < 1.29 is 4.74 Å². The van der Waals surface area contributed by atoms with E-state index in [0.29, 0.717) is 0 Å². The monoisotopic (exact) mass is 250 g/mol. The van der Waals surface area contributed by atoms with Crippen LogP contribution in [0, 0.1) is 5.92 Å². The highest BCUT2D eigenvalue weighted by molar-refractivity contribution is 6.20. The fourth-order valence-corrected chi connectivity index (χ4v) is 3.12. The Bertz CT molecular complexity index is 398. The molecular formula is C15H19ClO. The number of halogens is 1. The molecule has 1 aromatic rings. The number of aryl methyl sites for hydroxylation is 1. The van der Waals surface area contributed by atoms with Gasteiger partial charge in [-0.05, 0) is 42.4 Å². The molecule has 0 bridgehead atoms. The lowest BCUT2D eigenvalue weighted by Gasteiger charge is -2.28. The van der Waals surface area contributed by atoms with Gasteiger partial charge in [0.25, 0.3) is 0 Å². The van der Waals surface area contributed by atoms with Crippen LogP contribution >= 0.6 is 11.6 Å². The van der Waals surface area contributed by atoms with Crippen LogP contribution in [-0.4, -0.2) is 6.61 Å². The van der Waals surface area contributed by atoms with Crippen LogP contribution in [0.5, 0.6) is 5.75 Å². The maximum absolute atomic E-state index is 6.52. The van der Waals surface area contributed by atoms with Crippen molar-refractivity contribution in [1.82, 2.24) is 0 Å². The molecule has 17 heavy (non-hydrogen) atoms. The van der Waals surface area contributed by atoms with Crippen LogP contribution in [0.15, 0.2) is 18.2 Å². The van der Waals surface area contributed by atoms with E-state index in [0.717, 1.165) is 37.5 Å². The highest BCUT2D eigenvalue weighted by Gasteiger charge is 2.22. The van der Waals surface area contributed by atoms with Crippen LogP contribution in [0.2, 0.25) is 0 Å². The van der Waals surface area contributed by atoms with Crippen LogP contribution in [0.4, 0.5) is 0 Å². The lowest BCUT2D eigenvalue weighted by molar-refractivity contribution is 0.286. The van der Waals surface area contributed by atoms with Gasteiger partial charge in [-0.2, -0.15) is 0 Å². The Labute approximate surface area is 108 Å². The van der Waals surface area contributed by atoms with Gasteiger partial charge in [-0.25, -0.2) is 0 Å². The van der Waals surface area contributed by atoms with Gasteiger partial charge in [-0.1, -0.05) is 31.4 Å². The van der Waals surface area contributed by atoms with Crippen molar-refractivity contribution in [3.63, 3.8) is 0 Å². The highest BCUT2D eigenvalue weighted by Crippen LogP contribution is 2.39. The third kappa shape index (κ3) is 2.44. The van der Waals surface area contributed by atoms with Gasteiger partial charge < -0.3 is 4.74 Å². The average molecular weight is 251 g/mol. The minimum atomic E-state index is 0.188. The predicted octanol–water partition coefficient (Wildman–Crippen LogP) is 4.48. The number of rotatable bonds is 3. The maximum Gasteiger partial charge on any atom is 0.122 e. The first-order chi connectivity index (χ1) is 8.33. The average Bonchev–Trinajstić information content (AvgIpc) is 2.33. The van der Waals surface area contributed by atoms with Crippen LogP contribution in [0.1, 0.15) is 48.6 Å². The zero-order valence-corrected chi connectivity index (χ0v) is 10.9. The molecule has 2 aliphatic rings. The summed E-state index contributed by atoms with van der Waals surface area (Å²) in [5, 5.41) is 0.188. The number of hydrogen-bond acceptors (Lipinski definition) is 1. The van der Waals surface area contributed by atoms with Crippen molar-refractivity contribution in [3.8, 4) is 5.75 Å². The molecule has 1 saturated carbocycles. The van der Waals surface area contributed by atoms with E-state index in [1.165, 1.54) is 30.4 Å². The van der Waals surface area contributed by atoms with E-state index in [1.807, 2.05) is 0 Å². The first kappa shape index (κ1) is 11.4. The van der Waals surface area contributed by atoms with Gasteiger partial charge in [0.1, 0.15) is 5.75 Å². The largest absolute Gasteiger partial charge is 0.493 e. The minimum absolute atomic E-state index is 0.188. The number of benzene rings is 1. The molecule has 92 valence electrons. The number of alkyl halides is 1. The van der Waals surface area contributed by atoms with Crippen molar-refractivity contribution in [2.24, 2.45) is 5.92 Å².